The van der Waals surface area contributed by atoms with Crippen LogP contribution >= 0.6 is 0 Å². The third-order valence-corrected chi connectivity index (χ3v) is 6.42. The summed E-state index contributed by atoms with van der Waals surface area (Å²) in [7, 11) is 0.0776. The summed E-state index contributed by atoms with van der Waals surface area (Å²) in [5.41, 5.74) is 4.19. The zero-order chi connectivity index (χ0) is 19.9. The van der Waals surface area contributed by atoms with Gasteiger partial charge in [-0.25, -0.2) is 8.42 Å². The third-order valence-electron chi connectivity index (χ3n) is 5.21. The molecule has 1 amide bonds. The van der Waals surface area contributed by atoms with Crippen LogP contribution in [0.3, 0.4) is 0 Å². The largest absolute Gasteiger partial charge is 0.331 e. The summed E-state index contributed by atoms with van der Waals surface area (Å²) in [5, 5.41) is 4.45. The van der Waals surface area contributed by atoms with E-state index >= 15 is 0 Å². The molecule has 1 aliphatic carbocycles. The molecule has 1 aliphatic rings. The molecule has 7 nitrogen and oxygen atoms in total. The highest BCUT2D eigenvalue weighted by atomic mass is 32.2. The van der Waals surface area contributed by atoms with E-state index in [1.165, 1.54) is 11.4 Å². The van der Waals surface area contributed by atoms with Crippen molar-refractivity contribution in [2.75, 3.05) is 17.6 Å². The van der Waals surface area contributed by atoms with Gasteiger partial charge in [-0.05, 0) is 51.0 Å². The van der Waals surface area contributed by atoms with E-state index in [0.29, 0.717) is 17.8 Å². The van der Waals surface area contributed by atoms with Crippen molar-refractivity contribution in [3.63, 3.8) is 0 Å². The average molecular weight is 391 g/mol. The number of carbonyl (C=O) groups excluding carboxylic acids is 1. The van der Waals surface area contributed by atoms with Crippen LogP contribution in [0.2, 0.25) is 0 Å². The van der Waals surface area contributed by atoms with Crippen LogP contribution in [0.4, 0.5) is 5.69 Å². The lowest BCUT2D eigenvalue weighted by molar-refractivity contribution is 0.0729. The molecule has 8 heteroatoms. The van der Waals surface area contributed by atoms with Gasteiger partial charge in [-0.2, -0.15) is 5.10 Å². The second-order valence-electron chi connectivity index (χ2n) is 7.21. The molecule has 0 spiro atoms. The minimum atomic E-state index is -3.33. The van der Waals surface area contributed by atoms with Crippen LogP contribution in [0.15, 0.2) is 24.3 Å². The summed E-state index contributed by atoms with van der Waals surface area (Å²) in [5.74, 6) is -0.0336. The number of rotatable bonds is 6. The number of carbonyl (C=O) groups is 1. The van der Waals surface area contributed by atoms with E-state index in [0.717, 1.165) is 36.0 Å². The maximum atomic E-state index is 13.1. The van der Waals surface area contributed by atoms with Gasteiger partial charge in [0, 0.05) is 43.5 Å². The Morgan fingerprint density at radius 1 is 1.22 bits per heavy atom. The van der Waals surface area contributed by atoms with E-state index < -0.39 is 10.0 Å². The quantitative estimate of drug-likeness (QED) is 0.758. The van der Waals surface area contributed by atoms with E-state index in [1.54, 1.807) is 24.3 Å². The maximum absolute atomic E-state index is 13.1. The summed E-state index contributed by atoms with van der Waals surface area (Å²) < 4.78 is 26.4. The van der Waals surface area contributed by atoms with E-state index in [-0.39, 0.29) is 11.9 Å². The lowest BCUT2D eigenvalue weighted by Crippen LogP contribution is -2.33. The molecule has 1 saturated carbocycles. The topological polar surface area (TPSA) is 75.5 Å². The Morgan fingerprint density at radius 2 is 1.81 bits per heavy atom. The van der Waals surface area contributed by atoms with E-state index in [4.69, 9.17) is 0 Å². The van der Waals surface area contributed by atoms with Crippen molar-refractivity contribution in [2.24, 2.45) is 7.05 Å². The monoisotopic (exact) mass is 390 g/mol. The lowest BCUT2D eigenvalue weighted by Gasteiger charge is -2.23. The smallest absolute Gasteiger partial charge is 0.254 e. The molecule has 1 heterocycles. The fourth-order valence-electron chi connectivity index (χ4n) is 3.14. The van der Waals surface area contributed by atoms with Crippen molar-refractivity contribution in [1.29, 1.82) is 0 Å². The molecule has 0 saturated heterocycles. The van der Waals surface area contributed by atoms with Crippen molar-refractivity contribution in [3.05, 3.63) is 46.8 Å². The van der Waals surface area contributed by atoms with Crippen LogP contribution < -0.4 is 4.31 Å². The number of aromatic nitrogens is 2. The van der Waals surface area contributed by atoms with Gasteiger partial charge in [-0.3, -0.25) is 13.8 Å². The molecule has 1 aromatic carbocycles. The molecule has 0 aliphatic heterocycles. The number of anilines is 1. The van der Waals surface area contributed by atoms with Crippen molar-refractivity contribution in [2.45, 2.75) is 39.3 Å². The number of hydrogen-bond acceptors (Lipinski definition) is 4. The Morgan fingerprint density at radius 3 is 2.26 bits per heavy atom. The van der Waals surface area contributed by atoms with E-state index in [2.05, 4.69) is 5.10 Å². The number of hydrogen-bond donors (Lipinski definition) is 0. The van der Waals surface area contributed by atoms with Gasteiger partial charge in [0.15, 0.2) is 0 Å². The summed E-state index contributed by atoms with van der Waals surface area (Å²) in [4.78, 5) is 15.0. The highest BCUT2D eigenvalue weighted by Gasteiger charge is 2.34. The maximum Gasteiger partial charge on any atom is 0.254 e. The molecule has 3 rings (SSSR count). The van der Waals surface area contributed by atoms with Crippen molar-refractivity contribution in [1.82, 2.24) is 14.7 Å². The van der Waals surface area contributed by atoms with Crippen molar-refractivity contribution < 1.29 is 13.2 Å². The van der Waals surface area contributed by atoms with Gasteiger partial charge in [0.2, 0.25) is 10.0 Å². The third kappa shape index (κ3) is 4.00. The summed E-state index contributed by atoms with van der Waals surface area (Å²) >= 11 is 0. The molecule has 2 aromatic rings. The van der Waals surface area contributed by atoms with Crippen LogP contribution in [0.25, 0.3) is 0 Å². The zero-order valence-electron chi connectivity index (χ0n) is 16.4. The second-order valence-corrected chi connectivity index (χ2v) is 9.23. The molecule has 146 valence electrons. The molecule has 0 N–H and O–H groups in total. The first-order valence-corrected chi connectivity index (χ1v) is 10.8. The number of nitrogens with zero attached hydrogens (tertiary/aromatic N) is 4. The van der Waals surface area contributed by atoms with Crippen molar-refractivity contribution >= 4 is 21.6 Å². The first-order valence-electron chi connectivity index (χ1n) is 8.93. The molecule has 0 atom stereocenters. The predicted octanol–water partition coefficient (Wildman–Crippen LogP) is 2.24. The van der Waals surface area contributed by atoms with Gasteiger partial charge in [0.05, 0.1) is 17.6 Å². The van der Waals surface area contributed by atoms with Gasteiger partial charge < -0.3 is 4.90 Å². The van der Waals surface area contributed by atoms with Gasteiger partial charge in [0.25, 0.3) is 5.91 Å². The number of amides is 1. The number of sulfonamides is 1. The predicted molar refractivity (Wildman–Crippen MR) is 105 cm³/mol. The normalized spacial score (nSPS) is 14.3. The Balaban J connectivity index is 1.83. The van der Waals surface area contributed by atoms with Crippen LogP contribution in [0, 0.1) is 13.8 Å². The fraction of sp³-hybridized carbons (Fsp3) is 0.474. The molecule has 0 unspecified atom stereocenters. The molecule has 1 aromatic heterocycles. The SMILES string of the molecule is Cc1nn(C)c(C)c1CN(C(=O)c1ccc(N(C)S(C)(=O)=O)cc1)C1CC1. The Hall–Kier alpha value is -2.35. The molecule has 0 bridgehead atoms. The molecule has 27 heavy (non-hydrogen) atoms. The molecule has 0 radical (unpaired) electrons. The summed E-state index contributed by atoms with van der Waals surface area (Å²) in [6.45, 7) is 4.52. The Kier molecular flexibility index (Phi) is 5.03. The van der Waals surface area contributed by atoms with Gasteiger partial charge in [-0.1, -0.05) is 0 Å². The first-order chi connectivity index (χ1) is 12.6. The van der Waals surface area contributed by atoms with Crippen LogP contribution in [0.5, 0.6) is 0 Å². The van der Waals surface area contributed by atoms with E-state index in [9.17, 15) is 13.2 Å². The average Bonchev–Trinajstić information content (AvgIpc) is 3.41. The second kappa shape index (κ2) is 6.99. The number of benzene rings is 1. The Labute approximate surface area is 160 Å². The highest BCUT2D eigenvalue weighted by molar-refractivity contribution is 7.92. The minimum absolute atomic E-state index is 0.0336. The summed E-state index contributed by atoms with van der Waals surface area (Å²) in [6.07, 6.45) is 3.18. The van der Waals surface area contributed by atoms with Gasteiger partial charge in [-0.15, -0.1) is 0 Å². The lowest BCUT2D eigenvalue weighted by atomic mass is 10.1. The van der Waals surface area contributed by atoms with E-state index in [1.807, 2.05) is 30.5 Å². The van der Waals surface area contributed by atoms with Gasteiger partial charge >= 0.3 is 0 Å². The van der Waals surface area contributed by atoms with Crippen LogP contribution in [0.1, 0.15) is 40.2 Å². The van der Waals surface area contributed by atoms with Crippen LogP contribution in [-0.2, 0) is 23.6 Å². The fourth-order valence-corrected chi connectivity index (χ4v) is 3.65. The highest BCUT2D eigenvalue weighted by Crippen LogP contribution is 2.31. The number of aryl methyl sites for hydroxylation is 2. The van der Waals surface area contributed by atoms with Crippen LogP contribution in [-0.4, -0.2) is 48.4 Å². The zero-order valence-corrected chi connectivity index (χ0v) is 17.2. The molecule has 1 fully saturated rings. The van der Waals surface area contributed by atoms with Crippen molar-refractivity contribution in [3.8, 4) is 0 Å². The van der Waals surface area contributed by atoms with Gasteiger partial charge in [0.1, 0.15) is 0 Å². The Bertz CT molecular complexity index is 960. The standard InChI is InChI=1S/C19H26N4O3S/c1-13-18(14(2)21(3)20-13)12-23(17-10-11-17)19(24)15-6-8-16(9-7-15)22(4)27(5,25)26/h6-9,17H,10-12H2,1-5H3. The first kappa shape index (κ1) is 19.4. The minimum Gasteiger partial charge on any atom is -0.331 e. The molecular weight excluding hydrogens is 364 g/mol. The summed E-state index contributed by atoms with van der Waals surface area (Å²) in [6, 6.07) is 6.98. The molecular formula is C19H26N4O3S.